The highest BCUT2D eigenvalue weighted by atomic mass is 16.3. The van der Waals surface area contributed by atoms with E-state index in [1.165, 1.54) is 0 Å². The van der Waals surface area contributed by atoms with Crippen molar-refractivity contribution in [2.45, 2.75) is 20.5 Å². The number of aryl methyl sites for hydroxylation is 2. The second-order valence-electron chi connectivity index (χ2n) is 6.60. The van der Waals surface area contributed by atoms with Gasteiger partial charge in [0.1, 0.15) is 11.5 Å². The van der Waals surface area contributed by atoms with Crippen LogP contribution in [-0.4, -0.2) is 19.3 Å². The summed E-state index contributed by atoms with van der Waals surface area (Å²) >= 11 is 0. The monoisotopic (exact) mass is 360 g/mol. The normalized spacial score (nSPS) is 11.0. The van der Waals surface area contributed by atoms with Crippen molar-refractivity contribution < 1.29 is 19.3 Å². The van der Waals surface area contributed by atoms with Gasteiger partial charge >= 0.3 is 0 Å². The summed E-state index contributed by atoms with van der Waals surface area (Å²) in [5, 5.41) is 20.2. The SMILES string of the molecule is Cc1ccc(O)c(-[n+]2[c-]n(Cn3[c-][n+](-c4cc(C)ccc4O)cc3)cc2)c1. The van der Waals surface area contributed by atoms with Crippen LogP contribution < -0.4 is 9.13 Å². The molecule has 27 heavy (non-hydrogen) atoms. The maximum Gasteiger partial charge on any atom is 0.246 e. The highest BCUT2D eigenvalue weighted by Crippen LogP contribution is 2.18. The van der Waals surface area contributed by atoms with Gasteiger partial charge in [-0.25, -0.2) is 0 Å². The molecule has 0 saturated carbocycles. The molecule has 2 aromatic carbocycles. The number of hydrogen-bond donors (Lipinski definition) is 2. The third-order valence-electron chi connectivity index (χ3n) is 4.35. The van der Waals surface area contributed by atoms with E-state index in [0.717, 1.165) is 11.1 Å². The van der Waals surface area contributed by atoms with Gasteiger partial charge in [0.2, 0.25) is 12.7 Å². The zero-order chi connectivity index (χ0) is 19.0. The fourth-order valence-electron chi connectivity index (χ4n) is 2.95. The molecular formula is C21H20N4O2. The van der Waals surface area contributed by atoms with Crippen LogP contribution in [0.15, 0.2) is 61.2 Å². The van der Waals surface area contributed by atoms with E-state index < -0.39 is 0 Å². The Hall–Kier alpha value is -3.54. The Bertz CT molecular complexity index is 1020. The maximum atomic E-state index is 10.1. The van der Waals surface area contributed by atoms with Crippen molar-refractivity contribution in [3.8, 4) is 22.9 Å². The average Bonchev–Trinajstić information content (AvgIpc) is 3.29. The standard InChI is InChI=1S/C21H20N4O2/c1-16-3-5-20(26)18(11-16)24-9-7-22(14-24)13-23-8-10-25(15-23)19-12-17(2)4-6-21(19)27/h3-12,26-27H,13H2,1-2H3. The van der Waals surface area contributed by atoms with Crippen molar-refractivity contribution in [3.05, 3.63) is 85.0 Å². The molecule has 0 aliphatic carbocycles. The largest absolute Gasteiger partial charge is 0.513 e. The number of phenols is 2. The van der Waals surface area contributed by atoms with Crippen molar-refractivity contribution in [1.82, 2.24) is 9.13 Å². The molecule has 0 fully saturated rings. The van der Waals surface area contributed by atoms with Crippen LogP contribution in [0.1, 0.15) is 11.1 Å². The molecule has 0 radical (unpaired) electrons. The fraction of sp³-hybridized carbons (Fsp3) is 0.143. The van der Waals surface area contributed by atoms with E-state index in [0.29, 0.717) is 18.0 Å². The Labute approximate surface area is 157 Å². The minimum Gasteiger partial charge on any atom is -0.513 e. The van der Waals surface area contributed by atoms with Crippen molar-refractivity contribution in [3.63, 3.8) is 0 Å². The van der Waals surface area contributed by atoms with E-state index in [9.17, 15) is 10.2 Å². The van der Waals surface area contributed by atoms with Crippen LogP contribution in [0.25, 0.3) is 11.4 Å². The molecule has 0 aliphatic rings. The summed E-state index contributed by atoms with van der Waals surface area (Å²) < 4.78 is 7.23. The summed E-state index contributed by atoms with van der Waals surface area (Å²) in [4.78, 5) is 0. The molecule has 0 unspecified atom stereocenters. The first-order valence-electron chi connectivity index (χ1n) is 8.60. The Kier molecular flexibility index (Phi) is 4.16. The minimum atomic E-state index is 0.208. The predicted molar refractivity (Wildman–Crippen MR) is 97.8 cm³/mol. The zero-order valence-corrected chi connectivity index (χ0v) is 15.2. The van der Waals surface area contributed by atoms with Gasteiger partial charge in [-0.05, 0) is 26.0 Å². The van der Waals surface area contributed by atoms with Crippen LogP contribution >= 0.6 is 0 Å². The number of hydrogen-bond acceptors (Lipinski definition) is 2. The number of imidazole rings is 2. The summed E-state index contributed by atoms with van der Waals surface area (Å²) in [6, 6.07) is 10.9. The molecule has 0 spiro atoms. The van der Waals surface area contributed by atoms with Gasteiger partial charge in [0, 0.05) is 24.8 Å². The van der Waals surface area contributed by atoms with E-state index >= 15 is 0 Å². The molecule has 4 rings (SSSR count). The molecule has 6 heteroatoms. The lowest BCUT2D eigenvalue weighted by Gasteiger charge is -2.07. The van der Waals surface area contributed by atoms with Crippen LogP contribution in [0.2, 0.25) is 0 Å². The first kappa shape index (κ1) is 16.9. The van der Waals surface area contributed by atoms with Gasteiger partial charge in [-0.15, -0.1) is 0 Å². The first-order valence-corrected chi connectivity index (χ1v) is 8.60. The Morgan fingerprint density at radius 3 is 1.67 bits per heavy atom. The average molecular weight is 360 g/mol. The Morgan fingerprint density at radius 1 is 0.778 bits per heavy atom. The molecule has 0 atom stereocenters. The van der Waals surface area contributed by atoms with Gasteiger partial charge in [-0.1, -0.05) is 35.4 Å². The summed E-state index contributed by atoms with van der Waals surface area (Å²) in [7, 11) is 0. The van der Waals surface area contributed by atoms with E-state index in [1.54, 1.807) is 21.3 Å². The van der Waals surface area contributed by atoms with Gasteiger partial charge in [-0.3, -0.25) is 9.13 Å². The highest BCUT2D eigenvalue weighted by Gasteiger charge is 2.08. The van der Waals surface area contributed by atoms with Gasteiger partial charge in [-0.2, -0.15) is 0 Å². The third kappa shape index (κ3) is 3.42. The molecule has 0 saturated heterocycles. The highest BCUT2D eigenvalue weighted by molar-refractivity contribution is 5.42. The van der Waals surface area contributed by atoms with Crippen molar-refractivity contribution in [1.29, 1.82) is 0 Å². The maximum absolute atomic E-state index is 10.1. The van der Waals surface area contributed by atoms with Crippen molar-refractivity contribution in [2.24, 2.45) is 0 Å². The van der Waals surface area contributed by atoms with E-state index in [4.69, 9.17) is 0 Å². The third-order valence-corrected chi connectivity index (χ3v) is 4.35. The number of phenolic OH excluding ortho intramolecular Hbond substituents is 2. The van der Waals surface area contributed by atoms with Gasteiger partial charge in [0.05, 0.1) is 11.4 Å². The second-order valence-corrected chi connectivity index (χ2v) is 6.60. The van der Waals surface area contributed by atoms with E-state index in [-0.39, 0.29) is 11.5 Å². The minimum absolute atomic E-state index is 0.208. The van der Waals surface area contributed by atoms with Crippen molar-refractivity contribution in [2.75, 3.05) is 0 Å². The molecular weight excluding hydrogens is 340 g/mol. The quantitative estimate of drug-likeness (QED) is 0.432. The zero-order valence-electron chi connectivity index (χ0n) is 15.2. The van der Waals surface area contributed by atoms with Crippen molar-refractivity contribution >= 4 is 0 Å². The predicted octanol–water partition coefficient (Wildman–Crippen LogP) is 1.98. The molecule has 6 nitrogen and oxygen atoms in total. The molecule has 0 aliphatic heterocycles. The topological polar surface area (TPSA) is 58.1 Å². The molecule has 136 valence electrons. The lowest BCUT2D eigenvalue weighted by atomic mass is 10.2. The first-order chi connectivity index (χ1) is 13.0. The van der Waals surface area contributed by atoms with Crippen LogP contribution in [-0.2, 0) is 6.67 Å². The summed E-state index contributed by atoms with van der Waals surface area (Å²) in [5.41, 5.74) is 3.50. The molecule has 4 aromatic rings. The van der Waals surface area contributed by atoms with Crippen LogP contribution in [0.3, 0.4) is 0 Å². The van der Waals surface area contributed by atoms with Gasteiger partial charge in [0.15, 0.2) is 6.67 Å². The molecule has 0 bridgehead atoms. The van der Waals surface area contributed by atoms with Crippen LogP contribution in [0.5, 0.6) is 11.5 Å². The van der Waals surface area contributed by atoms with Gasteiger partial charge in [0.25, 0.3) is 0 Å². The number of rotatable bonds is 4. The number of aromatic nitrogens is 4. The summed E-state index contributed by atoms with van der Waals surface area (Å²) in [5.74, 6) is 0.416. The number of aromatic hydroxyl groups is 2. The number of nitrogens with zero attached hydrogens (tertiary/aromatic N) is 4. The lowest BCUT2D eigenvalue weighted by molar-refractivity contribution is -0.601. The van der Waals surface area contributed by atoms with Crippen LogP contribution in [0.4, 0.5) is 0 Å². The molecule has 2 aromatic heterocycles. The Balaban J connectivity index is 1.58. The summed E-state index contributed by atoms with van der Waals surface area (Å²) in [6.07, 6.45) is 13.8. The second kappa shape index (κ2) is 6.64. The molecule has 2 heterocycles. The lowest BCUT2D eigenvalue weighted by Crippen LogP contribution is -2.29. The fourth-order valence-corrected chi connectivity index (χ4v) is 2.95. The smallest absolute Gasteiger partial charge is 0.246 e. The van der Waals surface area contributed by atoms with E-state index in [1.807, 2.05) is 72.0 Å². The summed E-state index contributed by atoms with van der Waals surface area (Å²) in [6.45, 7) is 4.46. The Morgan fingerprint density at radius 2 is 1.22 bits per heavy atom. The van der Waals surface area contributed by atoms with Gasteiger partial charge < -0.3 is 19.3 Å². The molecule has 2 N–H and O–H groups in total. The van der Waals surface area contributed by atoms with Crippen LogP contribution in [0, 0.1) is 26.5 Å². The molecule has 0 amide bonds. The number of benzene rings is 2. The van der Waals surface area contributed by atoms with E-state index in [2.05, 4.69) is 12.7 Å².